The molecule has 16 heavy (non-hydrogen) atoms. The van der Waals surface area contributed by atoms with E-state index < -0.39 is 0 Å². The van der Waals surface area contributed by atoms with E-state index in [-0.39, 0.29) is 11.3 Å². The summed E-state index contributed by atoms with van der Waals surface area (Å²) >= 11 is 1.54. The standard InChI is InChI=1S/C11H17N3OS/c1-7-8(2)16-10(13-7)14-9(15)11(3)4-5-12-6-11/h12H,4-6H2,1-3H3,(H,13,14,15). The molecular formula is C11H17N3OS. The summed E-state index contributed by atoms with van der Waals surface area (Å²) in [5.74, 6) is 0.0752. The molecule has 2 N–H and O–H groups in total. The van der Waals surface area contributed by atoms with Crippen LogP contribution in [0.5, 0.6) is 0 Å². The summed E-state index contributed by atoms with van der Waals surface area (Å²) in [5.41, 5.74) is 0.711. The maximum Gasteiger partial charge on any atom is 0.233 e. The van der Waals surface area contributed by atoms with E-state index in [9.17, 15) is 4.79 Å². The van der Waals surface area contributed by atoms with Gasteiger partial charge in [0.2, 0.25) is 5.91 Å². The lowest BCUT2D eigenvalue weighted by Crippen LogP contribution is -2.35. The molecule has 2 rings (SSSR count). The Bertz CT molecular complexity index is 388. The number of aryl methyl sites for hydroxylation is 2. The number of hydrogen-bond acceptors (Lipinski definition) is 4. The van der Waals surface area contributed by atoms with E-state index in [1.807, 2.05) is 20.8 Å². The van der Waals surface area contributed by atoms with Gasteiger partial charge in [0, 0.05) is 11.4 Å². The second kappa shape index (κ2) is 4.14. The fourth-order valence-electron chi connectivity index (χ4n) is 1.78. The van der Waals surface area contributed by atoms with Gasteiger partial charge in [0.1, 0.15) is 0 Å². The van der Waals surface area contributed by atoms with Crippen LogP contribution in [0, 0.1) is 19.3 Å². The predicted octanol–water partition coefficient (Wildman–Crippen LogP) is 1.70. The van der Waals surface area contributed by atoms with Gasteiger partial charge in [0.15, 0.2) is 5.13 Å². The van der Waals surface area contributed by atoms with Gasteiger partial charge < -0.3 is 10.6 Å². The highest BCUT2D eigenvalue weighted by Gasteiger charge is 2.36. The van der Waals surface area contributed by atoms with Crippen LogP contribution < -0.4 is 10.6 Å². The third kappa shape index (κ3) is 2.10. The molecule has 1 fully saturated rings. The molecule has 1 saturated heterocycles. The van der Waals surface area contributed by atoms with E-state index in [0.29, 0.717) is 5.13 Å². The molecule has 0 spiro atoms. The second-order valence-corrected chi connectivity index (χ2v) is 5.81. The molecule has 0 aliphatic carbocycles. The maximum atomic E-state index is 12.1. The molecule has 0 bridgehead atoms. The highest BCUT2D eigenvalue weighted by atomic mass is 32.1. The van der Waals surface area contributed by atoms with Crippen LogP contribution in [0.2, 0.25) is 0 Å². The fourth-order valence-corrected chi connectivity index (χ4v) is 2.59. The van der Waals surface area contributed by atoms with Crippen molar-refractivity contribution in [1.29, 1.82) is 0 Å². The van der Waals surface area contributed by atoms with Crippen LogP contribution in [0.15, 0.2) is 0 Å². The molecule has 1 aromatic rings. The number of thiazole rings is 1. The summed E-state index contributed by atoms with van der Waals surface area (Å²) in [4.78, 5) is 17.5. The predicted molar refractivity (Wildman–Crippen MR) is 65.8 cm³/mol. The number of nitrogens with one attached hydrogen (secondary N) is 2. The molecule has 5 heteroatoms. The van der Waals surface area contributed by atoms with E-state index in [0.717, 1.165) is 30.1 Å². The van der Waals surface area contributed by atoms with Gasteiger partial charge in [-0.1, -0.05) is 0 Å². The summed E-state index contributed by atoms with van der Waals surface area (Å²) in [6, 6.07) is 0. The number of hydrogen-bond donors (Lipinski definition) is 2. The van der Waals surface area contributed by atoms with E-state index in [1.165, 1.54) is 11.3 Å². The monoisotopic (exact) mass is 239 g/mol. The molecule has 1 aromatic heterocycles. The smallest absolute Gasteiger partial charge is 0.233 e. The normalized spacial score (nSPS) is 24.7. The van der Waals surface area contributed by atoms with Gasteiger partial charge in [-0.15, -0.1) is 11.3 Å². The van der Waals surface area contributed by atoms with E-state index in [2.05, 4.69) is 15.6 Å². The van der Waals surface area contributed by atoms with Crippen molar-refractivity contribution in [2.45, 2.75) is 27.2 Å². The zero-order valence-corrected chi connectivity index (χ0v) is 10.7. The Morgan fingerprint density at radius 1 is 1.56 bits per heavy atom. The second-order valence-electron chi connectivity index (χ2n) is 4.60. The lowest BCUT2D eigenvalue weighted by atomic mass is 9.89. The van der Waals surface area contributed by atoms with Gasteiger partial charge >= 0.3 is 0 Å². The number of anilines is 1. The van der Waals surface area contributed by atoms with Gasteiger partial charge in [-0.2, -0.15) is 0 Å². The van der Waals surface area contributed by atoms with Crippen molar-refractivity contribution < 1.29 is 4.79 Å². The van der Waals surface area contributed by atoms with E-state index in [1.54, 1.807) is 0 Å². The number of carbonyl (C=O) groups excluding carboxylic acids is 1. The minimum absolute atomic E-state index is 0.0752. The van der Waals surface area contributed by atoms with Crippen molar-refractivity contribution in [3.8, 4) is 0 Å². The fraction of sp³-hybridized carbons (Fsp3) is 0.636. The van der Waals surface area contributed by atoms with Crippen LogP contribution in [-0.2, 0) is 4.79 Å². The van der Waals surface area contributed by atoms with Crippen LogP contribution in [0.3, 0.4) is 0 Å². The summed E-state index contributed by atoms with van der Waals surface area (Å²) in [5, 5.41) is 6.85. The van der Waals surface area contributed by atoms with Crippen LogP contribution in [-0.4, -0.2) is 24.0 Å². The first kappa shape index (κ1) is 11.5. The number of amides is 1. The van der Waals surface area contributed by atoms with Gasteiger partial charge in [-0.25, -0.2) is 4.98 Å². The molecule has 0 radical (unpaired) electrons. The zero-order chi connectivity index (χ0) is 11.8. The van der Waals surface area contributed by atoms with Gasteiger partial charge in [-0.05, 0) is 33.7 Å². The van der Waals surface area contributed by atoms with Crippen LogP contribution in [0.25, 0.3) is 0 Å². The molecular weight excluding hydrogens is 222 g/mol. The Morgan fingerprint density at radius 2 is 2.31 bits per heavy atom. The third-order valence-corrected chi connectivity index (χ3v) is 4.15. The lowest BCUT2D eigenvalue weighted by Gasteiger charge is -2.20. The lowest BCUT2D eigenvalue weighted by molar-refractivity contribution is -0.123. The molecule has 2 heterocycles. The molecule has 1 unspecified atom stereocenters. The van der Waals surface area contributed by atoms with Crippen molar-refractivity contribution >= 4 is 22.4 Å². The average molecular weight is 239 g/mol. The summed E-state index contributed by atoms with van der Waals surface area (Å²) in [6.45, 7) is 7.64. The zero-order valence-electron chi connectivity index (χ0n) is 9.89. The molecule has 1 amide bonds. The van der Waals surface area contributed by atoms with Gasteiger partial charge in [-0.3, -0.25) is 4.79 Å². The van der Waals surface area contributed by atoms with Crippen LogP contribution >= 0.6 is 11.3 Å². The Morgan fingerprint density at radius 3 is 2.81 bits per heavy atom. The maximum absolute atomic E-state index is 12.1. The first-order valence-corrected chi connectivity index (χ1v) is 6.29. The molecule has 1 aliphatic rings. The minimum Gasteiger partial charge on any atom is -0.316 e. The molecule has 0 aromatic carbocycles. The first-order valence-electron chi connectivity index (χ1n) is 5.47. The van der Waals surface area contributed by atoms with Crippen molar-refractivity contribution in [3.05, 3.63) is 10.6 Å². The Kier molecular flexibility index (Phi) is 2.99. The van der Waals surface area contributed by atoms with Gasteiger partial charge in [0.25, 0.3) is 0 Å². The number of nitrogens with zero attached hydrogens (tertiary/aromatic N) is 1. The molecule has 1 aliphatic heterocycles. The number of aromatic nitrogens is 1. The Balaban J connectivity index is 2.07. The molecule has 1 atom stereocenters. The SMILES string of the molecule is Cc1nc(NC(=O)C2(C)CCNC2)sc1C. The Labute approximate surface area is 99.5 Å². The average Bonchev–Trinajstić information content (AvgIpc) is 2.76. The van der Waals surface area contributed by atoms with Crippen molar-refractivity contribution in [2.75, 3.05) is 18.4 Å². The van der Waals surface area contributed by atoms with Crippen LogP contribution in [0.1, 0.15) is 23.9 Å². The highest BCUT2D eigenvalue weighted by Crippen LogP contribution is 2.28. The minimum atomic E-state index is -0.284. The summed E-state index contributed by atoms with van der Waals surface area (Å²) < 4.78 is 0. The van der Waals surface area contributed by atoms with Crippen molar-refractivity contribution in [2.24, 2.45) is 5.41 Å². The van der Waals surface area contributed by atoms with Crippen LogP contribution in [0.4, 0.5) is 5.13 Å². The number of carbonyl (C=O) groups is 1. The molecule has 0 saturated carbocycles. The molecule has 4 nitrogen and oxygen atoms in total. The van der Waals surface area contributed by atoms with E-state index >= 15 is 0 Å². The summed E-state index contributed by atoms with van der Waals surface area (Å²) in [7, 11) is 0. The molecule has 88 valence electrons. The van der Waals surface area contributed by atoms with Gasteiger partial charge in [0.05, 0.1) is 11.1 Å². The van der Waals surface area contributed by atoms with Crippen molar-refractivity contribution in [3.63, 3.8) is 0 Å². The van der Waals surface area contributed by atoms with Crippen molar-refractivity contribution in [1.82, 2.24) is 10.3 Å². The third-order valence-electron chi connectivity index (χ3n) is 3.17. The van der Waals surface area contributed by atoms with E-state index in [4.69, 9.17) is 0 Å². The Hall–Kier alpha value is -0.940. The quantitative estimate of drug-likeness (QED) is 0.826. The largest absolute Gasteiger partial charge is 0.316 e. The highest BCUT2D eigenvalue weighted by molar-refractivity contribution is 7.15. The summed E-state index contributed by atoms with van der Waals surface area (Å²) in [6.07, 6.45) is 0.891. The first-order chi connectivity index (χ1) is 7.51. The number of rotatable bonds is 2. The topological polar surface area (TPSA) is 54.0 Å².